The molecule has 0 spiro atoms. The van der Waals surface area contributed by atoms with E-state index in [0.717, 1.165) is 99.1 Å². The number of carbonyl (C=O) groups excluding carboxylic acids is 3. The molecule has 0 unspecified atom stereocenters. The number of amides is 1. The lowest BCUT2D eigenvalue weighted by Gasteiger charge is -2.28. The van der Waals surface area contributed by atoms with Gasteiger partial charge in [0.1, 0.15) is 29.2 Å². The Bertz CT molecular complexity index is 2970. The number of ether oxygens (including phenoxy) is 2. The summed E-state index contributed by atoms with van der Waals surface area (Å²) in [6.45, 7) is 5.02. The van der Waals surface area contributed by atoms with Crippen LogP contribution in [0.3, 0.4) is 0 Å². The Balaban J connectivity index is 0.000000169. The van der Waals surface area contributed by atoms with Crippen LogP contribution in [0.1, 0.15) is 95.4 Å². The summed E-state index contributed by atoms with van der Waals surface area (Å²) in [6.07, 6.45) is 7.51. The van der Waals surface area contributed by atoms with Gasteiger partial charge in [-0.2, -0.15) is 0 Å². The fourth-order valence-electron chi connectivity index (χ4n) is 9.04. The SMILES string of the molecule is N[C@H](CN1CCCC1)[C@H](O)c1ccc(OC2CC2)c(Cl)c1.O=C(N[C@H](CN1CCCC1)[C@H](O)c1ccc(OC2CC2)c(Cl)c1)C(=O)c1ccc(-c2ccc(F)cc2)cc1.O=C(O)C(=O)c1ccc(-c2ccc(F)cc2)cc1. The quantitative estimate of drug-likeness (QED) is 0.0382. The van der Waals surface area contributed by atoms with Crippen LogP contribution in [-0.4, -0.2) is 112 Å². The summed E-state index contributed by atoms with van der Waals surface area (Å²) in [6, 6.07) is 34.3. The van der Waals surface area contributed by atoms with Gasteiger partial charge in [0.15, 0.2) is 0 Å². The summed E-state index contributed by atoms with van der Waals surface area (Å²) >= 11 is 12.6. The molecule has 10 rings (SSSR count). The van der Waals surface area contributed by atoms with E-state index in [1.54, 1.807) is 84.9 Å². The predicted molar refractivity (Wildman–Crippen MR) is 291 cm³/mol. The van der Waals surface area contributed by atoms with Gasteiger partial charge < -0.3 is 45.6 Å². The Morgan fingerprint density at radius 1 is 0.558 bits per heavy atom. The Kier molecular flexibility index (Phi) is 19.6. The lowest BCUT2D eigenvalue weighted by atomic mass is 10.00. The number of rotatable bonds is 19. The van der Waals surface area contributed by atoms with E-state index in [2.05, 4.69) is 15.1 Å². The molecule has 404 valence electrons. The van der Waals surface area contributed by atoms with E-state index < -0.39 is 41.7 Å². The minimum atomic E-state index is -1.48. The average molecular weight is 1090 g/mol. The largest absolute Gasteiger partial charge is 0.489 e. The summed E-state index contributed by atoms with van der Waals surface area (Å²) in [5, 5.41) is 33.9. The van der Waals surface area contributed by atoms with E-state index in [1.807, 2.05) is 12.1 Å². The first kappa shape index (κ1) is 56.6. The van der Waals surface area contributed by atoms with E-state index in [9.17, 15) is 38.2 Å². The highest BCUT2D eigenvalue weighted by Gasteiger charge is 2.31. The molecule has 0 bridgehead atoms. The van der Waals surface area contributed by atoms with Gasteiger partial charge in [-0.1, -0.05) is 108 Å². The van der Waals surface area contributed by atoms with Crippen molar-refractivity contribution in [3.05, 3.63) is 177 Å². The van der Waals surface area contributed by atoms with Crippen LogP contribution < -0.4 is 20.5 Å². The fraction of sp³-hybridized carbons (Fsp3) is 0.333. The number of likely N-dealkylation sites (tertiary alicyclic amines) is 2. The molecule has 6 aromatic rings. The molecule has 2 aliphatic heterocycles. The van der Waals surface area contributed by atoms with Crippen molar-refractivity contribution < 1.29 is 52.8 Å². The minimum absolute atomic E-state index is 0.119. The van der Waals surface area contributed by atoms with Gasteiger partial charge in [-0.05, 0) is 159 Å². The summed E-state index contributed by atoms with van der Waals surface area (Å²) < 4.78 is 37.5. The van der Waals surface area contributed by atoms with Crippen molar-refractivity contribution >= 4 is 46.6 Å². The number of carbonyl (C=O) groups is 4. The average Bonchev–Trinajstić information content (AvgIpc) is 4.33. The molecular weight excluding hydrogens is 1030 g/mol. The molecule has 4 fully saturated rings. The van der Waals surface area contributed by atoms with Gasteiger partial charge in [0.2, 0.25) is 5.78 Å². The zero-order valence-electron chi connectivity index (χ0n) is 42.3. The van der Waals surface area contributed by atoms with Crippen LogP contribution in [-0.2, 0) is 9.59 Å². The van der Waals surface area contributed by atoms with Crippen molar-refractivity contribution in [2.75, 3.05) is 39.3 Å². The Hall–Kier alpha value is -6.56. The molecule has 2 heterocycles. The Labute approximate surface area is 456 Å². The summed E-state index contributed by atoms with van der Waals surface area (Å²) in [5.41, 5.74) is 11.0. The van der Waals surface area contributed by atoms with Gasteiger partial charge in [0.05, 0.1) is 34.4 Å². The van der Waals surface area contributed by atoms with Crippen molar-refractivity contribution in [2.24, 2.45) is 5.73 Å². The monoisotopic (exact) mass is 1090 g/mol. The number of benzene rings is 6. The number of aliphatic hydroxyl groups excluding tert-OH is 2. The van der Waals surface area contributed by atoms with E-state index in [-0.39, 0.29) is 34.9 Å². The van der Waals surface area contributed by atoms with Crippen molar-refractivity contribution in [3.8, 4) is 33.8 Å². The zero-order chi connectivity index (χ0) is 54.6. The van der Waals surface area contributed by atoms with Crippen LogP contribution in [0.5, 0.6) is 11.5 Å². The second kappa shape index (κ2) is 26.7. The van der Waals surface area contributed by atoms with E-state index in [0.29, 0.717) is 39.8 Å². The number of hydrogen-bond acceptors (Lipinski definition) is 11. The molecule has 6 aromatic carbocycles. The number of aliphatic carboxylic acids is 1. The summed E-state index contributed by atoms with van der Waals surface area (Å²) in [7, 11) is 0. The van der Waals surface area contributed by atoms with Crippen LogP contribution in [0.25, 0.3) is 22.3 Å². The van der Waals surface area contributed by atoms with Gasteiger partial charge in [0.25, 0.3) is 11.7 Å². The number of carboxylic acid groups (broad SMARTS) is 1. The van der Waals surface area contributed by atoms with Crippen molar-refractivity contribution in [1.29, 1.82) is 0 Å². The lowest BCUT2D eigenvalue weighted by Crippen LogP contribution is -2.48. The summed E-state index contributed by atoms with van der Waals surface area (Å²) in [5.74, 6) is -3.29. The van der Waals surface area contributed by atoms with Gasteiger partial charge in [0, 0.05) is 30.3 Å². The summed E-state index contributed by atoms with van der Waals surface area (Å²) in [4.78, 5) is 52.2. The molecule has 1 amide bonds. The zero-order valence-corrected chi connectivity index (χ0v) is 43.9. The topological polar surface area (TPSA) is 192 Å². The number of nitrogens with two attached hydrogens (primary N) is 1. The molecule has 77 heavy (non-hydrogen) atoms. The third-order valence-electron chi connectivity index (χ3n) is 13.7. The molecule has 13 nitrogen and oxygen atoms in total. The molecule has 2 aliphatic carbocycles. The van der Waals surface area contributed by atoms with E-state index >= 15 is 0 Å². The first-order valence-electron chi connectivity index (χ1n) is 25.9. The molecule has 4 atom stereocenters. The van der Waals surface area contributed by atoms with E-state index in [4.69, 9.17) is 43.5 Å². The van der Waals surface area contributed by atoms with Crippen LogP contribution >= 0.6 is 23.2 Å². The first-order valence-corrected chi connectivity index (χ1v) is 26.7. The molecule has 0 aromatic heterocycles. The van der Waals surface area contributed by atoms with Crippen LogP contribution in [0, 0.1) is 11.6 Å². The maximum atomic E-state index is 13.2. The number of carboxylic acids is 1. The second-order valence-corrected chi connectivity index (χ2v) is 20.6. The highest BCUT2D eigenvalue weighted by atomic mass is 35.5. The maximum absolute atomic E-state index is 13.2. The number of Topliss-reactive ketones (excluding diaryl/α,β-unsaturated/α-hetero) is 2. The standard InChI is InChI=1S/C30H30ClFN2O4.C16H23ClN2O2.C14H9FO3/c31-25-17-22(9-14-27(25)38-24-12-13-24)28(35)26(18-34-15-1-2-16-34)33-30(37)29(36)21-5-3-19(4-6-21)20-7-10-23(32)11-8-20;17-13-9-11(3-6-15(13)21-12-4-5-12)16(20)14(18)10-19-7-1-2-8-19;15-12-7-5-10(6-8-12)9-1-3-11(4-2-9)13(16)14(17)18/h3-11,14,17,24,26,28,35H,1-2,12-13,15-16,18H2,(H,33,37);3,6,9,12,14,16,20H,1-2,4-5,7-8,10,18H2;1-8H,(H,17,18)/t26-,28-;14-,16-;/m11./s1. The normalized spacial score (nSPS) is 16.9. The van der Waals surface area contributed by atoms with Gasteiger partial charge in [-0.3, -0.25) is 14.4 Å². The van der Waals surface area contributed by atoms with Gasteiger partial charge in [-0.15, -0.1) is 0 Å². The fourth-order valence-corrected chi connectivity index (χ4v) is 9.50. The van der Waals surface area contributed by atoms with Crippen LogP contribution in [0.15, 0.2) is 133 Å². The van der Waals surface area contributed by atoms with Crippen LogP contribution in [0.2, 0.25) is 10.0 Å². The third kappa shape index (κ3) is 16.2. The third-order valence-corrected chi connectivity index (χ3v) is 14.3. The number of ketones is 2. The number of nitrogens with one attached hydrogen (secondary N) is 1. The second-order valence-electron chi connectivity index (χ2n) is 19.8. The molecule has 6 N–H and O–H groups in total. The van der Waals surface area contributed by atoms with Crippen molar-refractivity contribution in [2.45, 2.75) is 87.9 Å². The van der Waals surface area contributed by atoms with Gasteiger partial charge >= 0.3 is 5.97 Å². The van der Waals surface area contributed by atoms with Gasteiger partial charge in [-0.25, -0.2) is 13.6 Å². The van der Waals surface area contributed by atoms with Crippen LogP contribution in [0.4, 0.5) is 8.78 Å². The number of halogens is 4. The number of nitrogens with zero attached hydrogens (tertiary/aromatic N) is 2. The molecule has 4 aliphatic rings. The molecule has 17 heteroatoms. The Morgan fingerprint density at radius 3 is 1.32 bits per heavy atom. The molecule has 2 saturated heterocycles. The lowest BCUT2D eigenvalue weighted by molar-refractivity contribution is -0.131. The number of hydrogen-bond donors (Lipinski definition) is 5. The molecule has 0 radical (unpaired) electrons. The first-order chi connectivity index (χ1) is 37.1. The van der Waals surface area contributed by atoms with Crippen molar-refractivity contribution in [1.82, 2.24) is 15.1 Å². The highest BCUT2D eigenvalue weighted by molar-refractivity contribution is 6.43. The predicted octanol–water partition coefficient (Wildman–Crippen LogP) is 10.3. The Morgan fingerprint density at radius 2 is 0.935 bits per heavy atom. The number of aliphatic hydroxyl groups is 2. The highest BCUT2D eigenvalue weighted by Crippen LogP contribution is 2.36. The van der Waals surface area contributed by atoms with E-state index in [1.165, 1.54) is 49.2 Å². The molecule has 2 saturated carbocycles. The minimum Gasteiger partial charge on any atom is -0.489 e. The molecular formula is C60H62Cl2F2N4O9. The maximum Gasteiger partial charge on any atom is 0.377 e. The smallest absolute Gasteiger partial charge is 0.377 e. The van der Waals surface area contributed by atoms with Crippen molar-refractivity contribution in [3.63, 3.8) is 0 Å².